The smallest absolute Gasteiger partial charge is 0.170 e. The summed E-state index contributed by atoms with van der Waals surface area (Å²) in [6, 6.07) is 5.67. The molecule has 1 aromatic rings. The van der Waals surface area contributed by atoms with E-state index in [4.69, 9.17) is 4.74 Å². The van der Waals surface area contributed by atoms with E-state index in [0.29, 0.717) is 18.6 Å². The third-order valence-corrected chi connectivity index (χ3v) is 2.35. The molecule has 3 heteroatoms. The summed E-state index contributed by atoms with van der Waals surface area (Å²) in [4.78, 5) is 13.5. The van der Waals surface area contributed by atoms with Crippen LogP contribution in [0.15, 0.2) is 18.2 Å². The Morgan fingerprint density at radius 1 is 1.36 bits per heavy atom. The molecule has 14 heavy (non-hydrogen) atoms. The topological polar surface area (TPSA) is 29.5 Å². The SMILES string of the molecule is CN(C)c1cccc2c1OCCC2=O. The monoisotopic (exact) mass is 191 g/mol. The van der Waals surface area contributed by atoms with Gasteiger partial charge in [0.1, 0.15) is 0 Å². The van der Waals surface area contributed by atoms with Crippen LogP contribution in [0.5, 0.6) is 5.75 Å². The van der Waals surface area contributed by atoms with Crippen molar-refractivity contribution in [2.24, 2.45) is 0 Å². The molecular weight excluding hydrogens is 178 g/mol. The van der Waals surface area contributed by atoms with Crippen molar-refractivity contribution < 1.29 is 9.53 Å². The Bertz CT molecular complexity index is 372. The van der Waals surface area contributed by atoms with Crippen LogP contribution in [0.25, 0.3) is 0 Å². The predicted octanol–water partition coefficient (Wildman–Crippen LogP) is 1.72. The third-order valence-electron chi connectivity index (χ3n) is 2.35. The molecule has 0 aliphatic carbocycles. The van der Waals surface area contributed by atoms with Gasteiger partial charge in [0.2, 0.25) is 0 Å². The Balaban J connectivity index is 2.55. The van der Waals surface area contributed by atoms with Crippen molar-refractivity contribution in [1.29, 1.82) is 0 Å². The maximum absolute atomic E-state index is 11.6. The van der Waals surface area contributed by atoms with Crippen LogP contribution in [-0.2, 0) is 0 Å². The maximum Gasteiger partial charge on any atom is 0.170 e. The third kappa shape index (κ3) is 1.35. The molecule has 0 bridgehead atoms. The normalized spacial score (nSPS) is 14.6. The summed E-state index contributed by atoms with van der Waals surface area (Å²) in [6.45, 7) is 0.497. The van der Waals surface area contributed by atoms with E-state index < -0.39 is 0 Å². The highest BCUT2D eigenvalue weighted by molar-refractivity contribution is 6.01. The van der Waals surface area contributed by atoms with Crippen molar-refractivity contribution in [3.05, 3.63) is 23.8 Å². The first-order chi connectivity index (χ1) is 6.70. The van der Waals surface area contributed by atoms with Gasteiger partial charge in [0.05, 0.1) is 17.9 Å². The minimum absolute atomic E-state index is 0.176. The lowest BCUT2D eigenvalue weighted by Gasteiger charge is -2.22. The number of carbonyl (C=O) groups excluding carboxylic acids is 1. The average Bonchev–Trinajstić information content (AvgIpc) is 2.17. The van der Waals surface area contributed by atoms with Crippen LogP contribution in [0.1, 0.15) is 16.8 Å². The van der Waals surface area contributed by atoms with Gasteiger partial charge in [-0.05, 0) is 12.1 Å². The van der Waals surface area contributed by atoms with Crippen LogP contribution >= 0.6 is 0 Å². The summed E-state index contributed by atoms with van der Waals surface area (Å²) < 4.78 is 5.52. The van der Waals surface area contributed by atoms with Crippen LogP contribution < -0.4 is 9.64 Å². The molecule has 0 N–H and O–H groups in total. The molecule has 0 fully saturated rings. The van der Waals surface area contributed by atoms with Gasteiger partial charge in [-0.2, -0.15) is 0 Å². The number of fused-ring (bicyclic) bond motifs is 1. The minimum Gasteiger partial charge on any atom is -0.490 e. The number of para-hydroxylation sites is 1. The van der Waals surface area contributed by atoms with Crippen molar-refractivity contribution in [3.8, 4) is 5.75 Å². The standard InChI is InChI=1S/C11H13NO2/c1-12(2)9-5-3-4-8-10(13)6-7-14-11(8)9/h3-5H,6-7H2,1-2H3. The van der Waals surface area contributed by atoms with Gasteiger partial charge in [0, 0.05) is 20.5 Å². The fourth-order valence-electron chi connectivity index (χ4n) is 1.63. The molecule has 0 unspecified atom stereocenters. The summed E-state index contributed by atoms with van der Waals surface area (Å²) in [5.41, 5.74) is 1.68. The first-order valence-corrected chi connectivity index (χ1v) is 4.66. The first-order valence-electron chi connectivity index (χ1n) is 4.66. The summed E-state index contributed by atoms with van der Waals surface area (Å²) in [5.74, 6) is 0.906. The summed E-state index contributed by atoms with van der Waals surface area (Å²) >= 11 is 0. The van der Waals surface area contributed by atoms with Gasteiger partial charge >= 0.3 is 0 Å². The average molecular weight is 191 g/mol. The summed E-state index contributed by atoms with van der Waals surface area (Å²) in [6.07, 6.45) is 0.490. The van der Waals surface area contributed by atoms with Crippen LogP contribution in [0.2, 0.25) is 0 Å². The lowest BCUT2D eigenvalue weighted by atomic mass is 10.0. The molecule has 0 saturated heterocycles. The quantitative estimate of drug-likeness (QED) is 0.677. The zero-order valence-electron chi connectivity index (χ0n) is 8.41. The molecule has 0 amide bonds. The van der Waals surface area contributed by atoms with E-state index in [1.165, 1.54) is 0 Å². The van der Waals surface area contributed by atoms with Gasteiger partial charge in [-0.15, -0.1) is 0 Å². The zero-order valence-corrected chi connectivity index (χ0v) is 8.41. The number of carbonyl (C=O) groups is 1. The van der Waals surface area contributed by atoms with Crippen molar-refractivity contribution in [2.75, 3.05) is 25.6 Å². The Hall–Kier alpha value is -1.51. The number of benzene rings is 1. The van der Waals surface area contributed by atoms with E-state index in [0.717, 1.165) is 11.4 Å². The fourth-order valence-corrected chi connectivity index (χ4v) is 1.63. The Morgan fingerprint density at radius 2 is 2.14 bits per heavy atom. The number of rotatable bonds is 1. The minimum atomic E-state index is 0.176. The van der Waals surface area contributed by atoms with E-state index in [2.05, 4.69) is 0 Å². The van der Waals surface area contributed by atoms with Gasteiger partial charge in [-0.3, -0.25) is 4.79 Å². The largest absolute Gasteiger partial charge is 0.490 e. The molecule has 1 aliphatic rings. The molecule has 2 rings (SSSR count). The number of hydrogen-bond acceptors (Lipinski definition) is 3. The molecular formula is C11H13NO2. The van der Waals surface area contributed by atoms with Crippen molar-refractivity contribution >= 4 is 11.5 Å². The Labute approximate surface area is 83.3 Å². The van der Waals surface area contributed by atoms with Gasteiger partial charge < -0.3 is 9.64 Å². The van der Waals surface area contributed by atoms with Crippen LogP contribution in [0, 0.1) is 0 Å². The van der Waals surface area contributed by atoms with Crippen LogP contribution in [0.4, 0.5) is 5.69 Å². The number of hydrogen-bond donors (Lipinski definition) is 0. The second-order valence-corrected chi connectivity index (χ2v) is 3.57. The van der Waals surface area contributed by atoms with E-state index in [-0.39, 0.29) is 5.78 Å². The predicted molar refractivity (Wildman–Crippen MR) is 55.2 cm³/mol. The second-order valence-electron chi connectivity index (χ2n) is 3.57. The summed E-state index contributed by atoms with van der Waals surface area (Å²) in [5, 5.41) is 0. The van der Waals surface area contributed by atoms with E-state index in [1.54, 1.807) is 0 Å². The lowest BCUT2D eigenvalue weighted by Crippen LogP contribution is -2.19. The molecule has 0 radical (unpaired) electrons. The Morgan fingerprint density at radius 3 is 2.86 bits per heavy atom. The molecule has 1 aliphatic heterocycles. The molecule has 0 saturated carbocycles. The van der Waals surface area contributed by atoms with E-state index in [9.17, 15) is 4.79 Å². The number of Topliss-reactive ketones (excluding diaryl/α,β-unsaturated/α-hetero) is 1. The maximum atomic E-state index is 11.6. The van der Waals surface area contributed by atoms with Gasteiger partial charge in [-0.1, -0.05) is 6.07 Å². The molecule has 74 valence electrons. The Kier molecular flexibility index (Phi) is 2.15. The van der Waals surface area contributed by atoms with Crippen molar-refractivity contribution in [3.63, 3.8) is 0 Å². The zero-order chi connectivity index (χ0) is 10.1. The van der Waals surface area contributed by atoms with E-state index >= 15 is 0 Å². The molecule has 1 aromatic carbocycles. The van der Waals surface area contributed by atoms with Crippen molar-refractivity contribution in [1.82, 2.24) is 0 Å². The highest BCUT2D eigenvalue weighted by Gasteiger charge is 2.21. The number of anilines is 1. The molecule has 0 aromatic heterocycles. The van der Waals surface area contributed by atoms with Crippen molar-refractivity contribution in [2.45, 2.75) is 6.42 Å². The van der Waals surface area contributed by atoms with Gasteiger partial charge in [-0.25, -0.2) is 0 Å². The number of nitrogens with zero attached hydrogens (tertiary/aromatic N) is 1. The van der Waals surface area contributed by atoms with Crippen LogP contribution in [-0.4, -0.2) is 26.5 Å². The fraction of sp³-hybridized carbons (Fsp3) is 0.364. The van der Waals surface area contributed by atoms with Crippen LogP contribution in [0.3, 0.4) is 0 Å². The second kappa shape index (κ2) is 3.33. The van der Waals surface area contributed by atoms with Gasteiger partial charge in [0.15, 0.2) is 11.5 Å². The highest BCUT2D eigenvalue weighted by Crippen LogP contribution is 2.34. The summed E-state index contributed by atoms with van der Waals surface area (Å²) in [7, 11) is 3.89. The molecule has 1 heterocycles. The first kappa shape index (κ1) is 9.06. The molecule has 0 atom stereocenters. The highest BCUT2D eigenvalue weighted by atomic mass is 16.5. The van der Waals surface area contributed by atoms with Gasteiger partial charge in [0.25, 0.3) is 0 Å². The number of ether oxygens (including phenoxy) is 1. The lowest BCUT2D eigenvalue weighted by molar-refractivity contribution is 0.0934. The van der Waals surface area contributed by atoms with E-state index in [1.807, 2.05) is 37.2 Å². The molecule has 0 spiro atoms. The molecule has 3 nitrogen and oxygen atoms in total. The number of ketones is 1.